The van der Waals surface area contributed by atoms with Gasteiger partial charge in [0.15, 0.2) is 17.3 Å². The molecule has 0 aliphatic rings. The molecule has 2 aromatic carbocycles. The predicted octanol–water partition coefficient (Wildman–Crippen LogP) is 3.15. The van der Waals surface area contributed by atoms with Crippen LogP contribution in [0.3, 0.4) is 0 Å². The normalized spacial score (nSPS) is 11.9. The van der Waals surface area contributed by atoms with Crippen LogP contribution in [0.15, 0.2) is 51.7 Å². The van der Waals surface area contributed by atoms with Gasteiger partial charge in [-0.15, -0.1) is 10.2 Å². The number of ether oxygens (including phenoxy) is 2. The number of halogens is 1. The third kappa shape index (κ3) is 3.22. The zero-order valence-electron chi connectivity index (χ0n) is 14.5. The Labute approximate surface area is 166 Å². The second kappa shape index (κ2) is 7.13. The summed E-state index contributed by atoms with van der Waals surface area (Å²) in [5, 5.41) is 8.35. The van der Waals surface area contributed by atoms with Crippen LogP contribution in [0, 0.1) is 0 Å². The van der Waals surface area contributed by atoms with Crippen molar-refractivity contribution < 1.29 is 9.47 Å². The Morgan fingerprint density at radius 3 is 2.63 bits per heavy atom. The molecule has 0 aliphatic carbocycles. The van der Waals surface area contributed by atoms with E-state index in [1.54, 1.807) is 26.4 Å². The van der Waals surface area contributed by atoms with Gasteiger partial charge in [0.1, 0.15) is 0 Å². The number of hydrogen-bond donors (Lipinski definition) is 0. The quantitative estimate of drug-likeness (QED) is 0.484. The standard InChI is InChI=1S/C19H14BrN3O3S/c1-25-14-7-6-12(10-15(14)26-2)17-21-22-19-23(17)18(24)16(27-19)9-11-4-3-5-13(20)8-11/h3-10H,1-2H3. The Morgan fingerprint density at radius 1 is 1.07 bits per heavy atom. The zero-order chi connectivity index (χ0) is 19.0. The predicted molar refractivity (Wildman–Crippen MR) is 109 cm³/mol. The van der Waals surface area contributed by atoms with Gasteiger partial charge in [-0.2, -0.15) is 0 Å². The first-order valence-electron chi connectivity index (χ1n) is 7.98. The van der Waals surface area contributed by atoms with Gasteiger partial charge in [-0.3, -0.25) is 4.79 Å². The van der Waals surface area contributed by atoms with E-state index in [0.717, 1.165) is 15.6 Å². The van der Waals surface area contributed by atoms with E-state index in [0.29, 0.717) is 26.8 Å². The first-order valence-corrected chi connectivity index (χ1v) is 9.59. The summed E-state index contributed by atoms with van der Waals surface area (Å²) in [7, 11) is 3.14. The van der Waals surface area contributed by atoms with Crippen LogP contribution in [0.2, 0.25) is 0 Å². The van der Waals surface area contributed by atoms with Crippen LogP contribution in [-0.2, 0) is 0 Å². The van der Waals surface area contributed by atoms with Crippen LogP contribution in [0.4, 0.5) is 0 Å². The lowest BCUT2D eigenvalue weighted by Crippen LogP contribution is -2.23. The summed E-state index contributed by atoms with van der Waals surface area (Å²) in [6.45, 7) is 0. The number of nitrogens with zero attached hydrogens (tertiary/aromatic N) is 3. The highest BCUT2D eigenvalue weighted by Crippen LogP contribution is 2.31. The van der Waals surface area contributed by atoms with Crippen molar-refractivity contribution in [1.29, 1.82) is 0 Å². The number of thiazole rings is 1. The summed E-state index contributed by atoms with van der Waals surface area (Å²) in [6.07, 6.45) is 1.85. The van der Waals surface area contributed by atoms with E-state index in [9.17, 15) is 4.79 Å². The summed E-state index contributed by atoms with van der Waals surface area (Å²) in [4.78, 5) is 13.5. The van der Waals surface area contributed by atoms with Crippen molar-refractivity contribution in [3.63, 3.8) is 0 Å². The number of fused-ring (bicyclic) bond motifs is 1. The van der Waals surface area contributed by atoms with E-state index in [2.05, 4.69) is 26.1 Å². The molecule has 4 aromatic rings. The Kier molecular flexibility index (Phi) is 4.67. The zero-order valence-corrected chi connectivity index (χ0v) is 16.9. The number of hydrogen-bond acceptors (Lipinski definition) is 6. The lowest BCUT2D eigenvalue weighted by atomic mass is 10.2. The minimum Gasteiger partial charge on any atom is -0.493 e. The number of benzene rings is 2. The van der Waals surface area contributed by atoms with Crippen LogP contribution in [0.1, 0.15) is 5.56 Å². The minimum absolute atomic E-state index is 0.148. The van der Waals surface area contributed by atoms with Crippen molar-refractivity contribution in [3.8, 4) is 22.9 Å². The molecule has 2 aromatic heterocycles. The highest BCUT2D eigenvalue weighted by molar-refractivity contribution is 9.10. The molecule has 0 spiro atoms. The van der Waals surface area contributed by atoms with E-state index in [1.165, 1.54) is 15.7 Å². The van der Waals surface area contributed by atoms with E-state index < -0.39 is 0 Å². The average molecular weight is 444 g/mol. The molecule has 2 heterocycles. The first kappa shape index (κ1) is 17.7. The second-order valence-corrected chi connectivity index (χ2v) is 7.61. The second-order valence-electron chi connectivity index (χ2n) is 5.68. The average Bonchev–Trinajstić information content (AvgIpc) is 3.22. The molecule has 0 atom stereocenters. The van der Waals surface area contributed by atoms with Crippen LogP contribution in [0.5, 0.6) is 11.5 Å². The van der Waals surface area contributed by atoms with Crippen LogP contribution in [-0.4, -0.2) is 28.8 Å². The van der Waals surface area contributed by atoms with Gasteiger partial charge in [-0.25, -0.2) is 4.40 Å². The van der Waals surface area contributed by atoms with Gasteiger partial charge in [0, 0.05) is 10.0 Å². The Bertz CT molecular complexity index is 1250. The molecule has 0 amide bonds. The lowest BCUT2D eigenvalue weighted by Gasteiger charge is -2.08. The number of rotatable bonds is 4. The number of methoxy groups -OCH3 is 2. The highest BCUT2D eigenvalue weighted by atomic mass is 79.9. The summed E-state index contributed by atoms with van der Waals surface area (Å²) in [5.74, 6) is 1.65. The van der Waals surface area contributed by atoms with E-state index in [-0.39, 0.29) is 5.56 Å². The fourth-order valence-corrected chi connectivity index (χ4v) is 4.10. The molecule has 0 aliphatic heterocycles. The van der Waals surface area contributed by atoms with Gasteiger partial charge in [0.25, 0.3) is 5.56 Å². The Hall–Kier alpha value is -2.71. The molecular weight excluding hydrogens is 430 g/mol. The summed E-state index contributed by atoms with van der Waals surface area (Å²) < 4.78 is 13.7. The maximum atomic E-state index is 12.9. The summed E-state index contributed by atoms with van der Waals surface area (Å²) in [5.41, 5.74) is 1.51. The van der Waals surface area contributed by atoms with Crippen molar-refractivity contribution >= 4 is 38.3 Å². The molecule has 0 fully saturated rings. The van der Waals surface area contributed by atoms with Crippen molar-refractivity contribution in [3.05, 3.63) is 67.4 Å². The minimum atomic E-state index is -0.148. The maximum absolute atomic E-state index is 12.9. The first-order chi connectivity index (χ1) is 13.1. The molecule has 0 bridgehead atoms. The Balaban J connectivity index is 1.88. The maximum Gasteiger partial charge on any atom is 0.276 e. The fraction of sp³-hybridized carbons (Fsp3) is 0.105. The van der Waals surface area contributed by atoms with Crippen molar-refractivity contribution in [2.45, 2.75) is 0 Å². The Morgan fingerprint density at radius 2 is 1.89 bits per heavy atom. The molecule has 0 saturated carbocycles. The van der Waals surface area contributed by atoms with Crippen molar-refractivity contribution in [2.75, 3.05) is 14.2 Å². The molecule has 136 valence electrons. The molecule has 0 unspecified atom stereocenters. The molecule has 4 rings (SSSR count). The van der Waals surface area contributed by atoms with Gasteiger partial charge >= 0.3 is 0 Å². The van der Waals surface area contributed by atoms with Crippen LogP contribution >= 0.6 is 27.3 Å². The van der Waals surface area contributed by atoms with Crippen molar-refractivity contribution in [1.82, 2.24) is 14.6 Å². The van der Waals surface area contributed by atoms with Gasteiger partial charge in [-0.05, 0) is 42.0 Å². The largest absolute Gasteiger partial charge is 0.493 e. The molecular formula is C19H14BrN3O3S. The highest BCUT2D eigenvalue weighted by Gasteiger charge is 2.16. The third-order valence-corrected chi connectivity index (χ3v) is 5.49. The topological polar surface area (TPSA) is 65.7 Å². The molecule has 27 heavy (non-hydrogen) atoms. The fourth-order valence-electron chi connectivity index (χ4n) is 2.77. The molecule has 6 nitrogen and oxygen atoms in total. The van der Waals surface area contributed by atoms with Gasteiger partial charge in [0.2, 0.25) is 4.96 Å². The monoisotopic (exact) mass is 443 g/mol. The van der Waals surface area contributed by atoms with Gasteiger partial charge in [0.05, 0.1) is 18.8 Å². The summed E-state index contributed by atoms with van der Waals surface area (Å²) >= 11 is 4.75. The smallest absolute Gasteiger partial charge is 0.276 e. The molecule has 0 radical (unpaired) electrons. The SMILES string of the molecule is COc1ccc(-c2nnc3sc(=Cc4cccc(Br)c4)c(=O)n23)cc1OC. The van der Waals surface area contributed by atoms with E-state index >= 15 is 0 Å². The van der Waals surface area contributed by atoms with Crippen LogP contribution in [0.25, 0.3) is 22.4 Å². The van der Waals surface area contributed by atoms with Gasteiger partial charge in [-0.1, -0.05) is 39.4 Å². The van der Waals surface area contributed by atoms with Gasteiger partial charge < -0.3 is 9.47 Å². The summed E-state index contributed by atoms with van der Waals surface area (Å²) in [6, 6.07) is 13.2. The van der Waals surface area contributed by atoms with E-state index in [1.807, 2.05) is 36.4 Å². The number of aromatic nitrogens is 3. The molecule has 8 heteroatoms. The van der Waals surface area contributed by atoms with Crippen LogP contribution < -0.4 is 19.6 Å². The third-order valence-electron chi connectivity index (χ3n) is 4.04. The lowest BCUT2D eigenvalue weighted by molar-refractivity contribution is 0.355. The molecule has 0 saturated heterocycles. The molecule has 0 N–H and O–H groups in total. The van der Waals surface area contributed by atoms with Crippen molar-refractivity contribution in [2.24, 2.45) is 0 Å². The van der Waals surface area contributed by atoms with E-state index in [4.69, 9.17) is 9.47 Å².